The predicted octanol–water partition coefficient (Wildman–Crippen LogP) is 4.76. The van der Waals surface area contributed by atoms with Gasteiger partial charge in [0, 0.05) is 11.1 Å². The molecule has 8 nitrogen and oxygen atoms in total. The van der Waals surface area contributed by atoms with Crippen LogP contribution in [-0.4, -0.2) is 77.6 Å². The van der Waals surface area contributed by atoms with E-state index in [0.717, 1.165) is 5.57 Å². The molecule has 0 amide bonds. The molecule has 8 heteroatoms. The number of fused-ring (bicyclic) bond motifs is 1. The van der Waals surface area contributed by atoms with Crippen LogP contribution >= 0.6 is 0 Å². The summed E-state index contributed by atoms with van der Waals surface area (Å²) in [6.45, 7) is 18.5. The third-order valence-corrected chi connectivity index (χ3v) is 5.50. The molecule has 1 aliphatic rings. The summed E-state index contributed by atoms with van der Waals surface area (Å²) in [5.74, 6) is 0.828. The number of ether oxygens (including phenoxy) is 6. The second-order valence-electron chi connectivity index (χ2n) is 9.44. The molecular weight excluding hydrogens is 488 g/mol. The summed E-state index contributed by atoms with van der Waals surface area (Å²) in [7, 11) is 0. The molecule has 38 heavy (non-hydrogen) atoms. The van der Waals surface area contributed by atoms with E-state index in [1.165, 1.54) is 12.2 Å². The minimum Gasteiger partial charge on any atom is -0.491 e. The van der Waals surface area contributed by atoms with Crippen molar-refractivity contribution in [2.24, 2.45) is 5.41 Å². The van der Waals surface area contributed by atoms with Gasteiger partial charge in [0.15, 0.2) is 11.6 Å². The van der Waals surface area contributed by atoms with E-state index in [4.69, 9.17) is 28.4 Å². The lowest BCUT2D eigenvalue weighted by molar-refractivity contribution is -0.00891. The SMILES string of the molecule is C=C/C(=C\C(=C)C(C)(C)C)OCCOCCOCCOCCOCCOc1ccc2c(c1)C(=O)C=CC2=O. The standard InChI is InChI=1S/C30H40O8/c1-6-24(21-23(2)30(3,4)5)37-19-17-35-15-13-33-11-12-34-14-16-36-18-20-38-25-7-8-26-27(22-25)29(32)10-9-28(26)31/h6-10,21-22H,1-2,11-20H2,3-5H3/b24-21+. The van der Waals surface area contributed by atoms with Crippen molar-refractivity contribution in [1.82, 2.24) is 0 Å². The van der Waals surface area contributed by atoms with E-state index in [0.29, 0.717) is 88.7 Å². The molecule has 0 bridgehead atoms. The van der Waals surface area contributed by atoms with Crippen LogP contribution in [0, 0.1) is 5.41 Å². The van der Waals surface area contributed by atoms with Gasteiger partial charge >= 0.3 is 0 Å². The largest absolute Gasteiger partial charge is 0.491 e. The highest BCUT2D eigenvalue weighted by atomic mass is 16.6. The number of ketones is 2. The van der Waals surface area contributed by atoms with Crippen molar-refractivity contribution in [2.45, 2.75) is 20.8 Å². The number of hydrogen-bond acceptors (Lipinski definition) is 8. The quantitative estimate of drug-likeness (QED) is 0.144. The first-order valence-electron chi connectivity index (χ1n) is 12.7. The van der Waals surface area contributed by atoms with Crippen LogP contribution in [0.2, 0.25) is 0 Å². The van der Waals surface area contributed by atoms with Gasteiger partial charge in [0.1, 0.15) is 24.7 Å². The molecule has 0 unspecified atom stereocenters. The maximum Gasteiger partial charge on any atom is 0.186 e. The molecule has 1 aromatic rings. The smallest absolute Gasteiger partial charge is 0.186 e. The Labute approximate surface area is 225 Å². The molecule has 0 N–H and O–H groups in total. The molecule has 0 atom stereocenters. The fourth-order valence-corrected chi connectivity index (χ4v) is 3.11. The van der Waals surface area contributed by atoms with Crippen LogP contribution < -0.4 is 4.74 Å². The highest BCUT2D eigenvalue weighted by molar-refractivity contribution is 6.22. The summed E-state index contributed by atoms with van der Waals surface area (Å²) in [6.07, 6.45) is 6.13. The monoisotopic (exact) mass is 528 g/mol. The van der Waals surface area contributed by atoms with Gasteiger partial charge in [-0.25, -0.2) is 0 Å². The van der Waals surface area contributed by atoms with Crippen LogP contribution in [0.15, 0.2) is 67.0 Å². The maximum atomic E-state index is 11.9. The van der Waals surface area contributed by atoms with E-state index in [2.05, 4.69) is 33.9 Å². The summed E-state index contributed by atoms with van der Waals surface area (Å²) in [5.41, 5.74) is 1.71. The van der Waals surface area contributed by atoms with Crippen LogP contribution in [0.25, 0.3) is 0 Å². The third-order valence-electron chi connectivity index (χ3n) is 5.50. The van der Waals surface area contributed by atoms with Crippen molar-refractivity contribution in [3.05, 3.63) is 78.1 Å². The predicted molar refractivity (Wildman–Crippen MR) is 146 cm³/mol. The second kappa shape index (κ2) is 16.7. The van der Waals surface area contributed by atoms with Crippen molar-refractivity contribution in [3.8, 4) is 5.75 Å². The number of allylic oxidation sites excluding steroid dienone is 5. The van der Waals surface area contributed by atoms with Crippen molar-refractivity contribution >= 4 is 11.6 Å². The van der Waals surface area contributed by atoms with Gasteiger partial charge in [-0.05, 0) is 53.5 Å². The number of carbonyl (C=O) groups excluding carboxylic acids is 2. The summed E-state index contributed by atoms with van der Waals surface area (Å²) in [6, 6.07) is 4.87. The van der Waals surface area contributed by atoms with Crippen LogP contribution in [0.5, 0.6) is 5.75 Å². The molecule has 0 aliphatic heterocycles. The molecule has 0 fully saturated rings. The van der Waals surface area contributed by atoms with E-state index >= 15 is 0 Å². The van der Waals surface area contributed by atoms with E-state index in [1.807, 2.05) is 6.08 Å². The molecule has 1 aliphatic carbocycles. The highest BCUT2D eigenvalue weighted by Crippen LogP contribution is 2.26. The normalized spacial score (nSPS) is 13.4. The van der Waals surface area contributed by atoms with E-state index in [9.17, 15) is 9.59 Å². The molecule has 1 aromatic carbocycles. The molecule has 2 rings (SSSR count). The molecular formula is C30H40O8. The minimum atomic E-state index is -0.200. The molecule has 0 aromatic heterocycles. The van der Waals surface area contributed by atoms with Gasteiger partial charge in [0.2, 0.25) is 0 Å². The lowest BCUT2D eigenvalue weighted by Gasteiger charge is -2.19. The van der Waals surface area contributed by atoms with Gasteiger partial charge in [-0.3, -0.25) is 9.59 Å². The van der Waals surface area contributed by atoms with Gasteiger partial charge in [0.05, 0.1) is 52.9 Å². The molecule has 0 heterocycles. The van der Waals surface area contributed by atoms with Crippen molar-refractivity contribution in [1.29, 1.82) is 0 Å². The average Bonchev–Trinajstić information content (AvgIpc) is 2.89. The summed E-state index contributed by atoms with van der Waals surface area (Å²) >= 11 is 0. The Kier molecular flexibility index (Phi) is 13.7. The van der Waals surface area contributed by atoms with Crippen molar-refractivity contribution in [2.75, 3.05) is 66.1 Å². The van der Waals surface area contributed by atoms with E-state index in [1.54, 1.807) is 24.3 Å². The first kappa shape index (κ1) is 31.2. The molecule has 208 valence electrons. The summed E-state index contributed by atoms with van der Waals surface area (Å²) in [5, 5.41) is 0. The first-order valence-corrected chi connectivity index (χ1v) is 12.7. The number of rotatable bonds is 19. The van der Waals surface area contributed by atoms with Crippen LogP contribution in [0.1, 0.15) is 41.5 Å². The van der Waals surface area contributed by atoms with Gasteiger partial charge in [-0.2, -0.15) is 0 Å². The fourth-order valence-electron chi connectivity index (χ4n) is 3.11. The lowest BCUT2D eigenvalue weighted by atomic mass is 9.87. The zero-order chi connectivity index (χ0) is 27.8. The number of carbonyl (C=O) groups is 2. The Balaban J connectivity index is 1.39. The van der Waals surface area contributed by atoms with E-state index in [-0.39, 0.29) is 17.0 Å². The van der Waals surface area contributed by atoms with Gasteiger partial charge < -0.3 is 28.4 Å². The average molecular weight is 529 g/mol. The summed E-state index contributed by atoms with van der Waals surface area (Å²) < 4.78 is 33.2. The Morgan fingerprint density at radius 2 is 1.26 bits per heavy atom. The molecule has 0 spiro atoms. The fraction of sp³-hybridized carbons (Fsp3) is 0.467. The number of hydrogen-bond donors (Lipinski definition) is 0. The molecule has 0 radical (unpaired) electrons. The zero-order valence-electron chi connectivity index (χ0n) is 22.8. The zero-order valence-corrected chi connectivity index (χ0v) is 22.8. The Hall–Kier alpha value is -3.04. The molecule has 0 saturated heterocycles. The van der Waals surface area contributed by atoms with Crippen LogP contribution in [-0.2, 0) is 23.7 Å². The third kappa shape index (κ3) is 11.6. The van der Waals surface area contributed by atoms with Gasteiger partial charge in [-0.15, -0.1) is 0 Å². The Morgan fingerprint density at radius 3 is 1.79 bits per heavy atom. The first-order chi connectivity index (χ1) is 18.2. The minimum absolute atomic E-state index is 0.0205. The topological polar surface area (TPSA) is 89.5 Å². The lowest BCUT2D eigenvalue weighted by Crippen LogP contribution is -2.15. The van der Waals surface area contributed by atoms with E-state index < -0.39 is 0 Å². The number of benzene rings is 1. The van der Waals surface area contributed by atoms with Crippen LogP contribution in [0.4, 0.5) is 0 Å². The van der Waals surface area contributed by atoms with Gasteiger partial charge in [0.25, 0.3) is 0 Å². The molecule has 0 saturated carbocycles. The van der Waals surface area contributed by atoms with Crippen molar-refractivity contribution < 1.29 is 38.0 Å². The second-order valence-corrected chi connectivity index (χ2v) is 9.44. The van der Waals surface area contributed by atoms with Gasteiger partial charge in [-0.1, -0.05) is 33.9 Å². The Bertz CT molecular complexity index is 1000. The van der Waals surface area contributed by atoms with Crippen molar-refractivity contribution in [3.63, 3.8) is 0 Å². The Morgan fingerprint density at radius 1 is 0.763 bits per heavy atom. The highest BCUT2D eigenvalue weighted by Gasteiger charge is 2.19. The summed E-state index contributed by atoms with van der Waals surface area (Å²) in [4.78, 5) is 23.7. The maximum absolute atomic E-state index is 11.9. The van der Waals surface area contributed by atoms with Crippen LogP contribution in [0.3, 0.4) is 0 Å².